The molecule has 0 unspecified atom stereocenters. The van der Waals surface area contributed by atoms with Gasteiger partial charge in [-0.2, -0.15) is 0 Å². The number of hydrogen-bond acceptors (Lipinski definition) is 5. The van der Waals surface area contributed by atoms with E-state index in [2.05, 4.69) is 15.3 Å². The smallest absolute Gasteiger partial charge is 0.272 e. The number of nitrogens with one attached hydrogen (secondary N) is 2. The van der Waals surface area contributed by atoms with Crippen molar-refractivity contribution in [3.63, 3.8) is 0 Å². The number of methoxy groups -OCH3 is 2. The number of aromatic nitrogens is 2. The minimum atomic E-state index is -0.476. The van der Waals surface area contributed by atoms with Gasteiger partial charge in [-0.05, 0) is 12.1 Å². The monoisotopic (exact) mass is 275 g/mol. The summed E-state index contributed by atoms with van der Waals surface area (Å²) in [4.78, 5) is 30.3. The number of pyridine rings is 2. The molecule has 1 amide bonds. The number of nitrogens with zero attached hydrogens (tertiary/aromatic N) is 1. The number of carbonyl (C=O) groups excluding carboxylic acids is 1. The van der Waals surface area contributed by atoms with E-state index in [9.17, 15) is 9.59 Å². The Hall–Kier alpha value is -2.83. The summed E-state index contributed by atoms with van der Waals surface area (Å²) in [6.07, 6.45) is 2.88. The number of hydrogen-bond donors (Lipinski definition) is 2. The van der Waals surface area contributed by atoms with Crippen molar-refractivity contribution >= 4 is 11.6 Å². The normalized spacial score (nSPS) is 9.90. The molecule has 2 aromatic heterocycles. The Bertz CT molecular complexity index is 681. The highest BCUT2D eigenvalue weighted by atomic mass is 16.5. The fraction of sp³-hybridized carbons (Fsp3) is 0.154. The summed E-state index contributed by atoms with van der Waals surface area (Å²) in [5, 5.41) is 2.61. The fourth-order valence-corrected chi connectivity index (χ4v) is 1.59. The summed E-state index contributed by atoms with van der Waals surface area (Å²) >= 11 is 0. The van der Waals surface area contributed by atoms with Crippen molar-refractivity contribution < 1.29 is 14.3 Å². The molecule has 7 nitrogen and oxygen atoms in total. The van der Waals surface area contributed by atoms with Crippen LogP contribution in [0.1, 0.15) is 10.5 Å². The van der Waals surface area contributed by atoms with Gasteiger partial charge in [0, 0.05) is 18.5 Å². The molecule has 0 aliphatic carbocycles. The summed E-state index contributed by atoms with van der Waals surface area (Å²) in [5.41, 5.74) is 0.146. The molecular formula is C13H13N3O4. The molecule has 0 aromatic carbocycles. The lowest BCUT2D eigenvalue weighted by Gasteiger charge is -2.08. The van der Waals surface area contributed by atoms with Gasteiger partial charge in [-0.25, -0.2) is 4.98 Å². The largest absolute Gasteiger partial charge is 0.491 e. The van der Waals surface area contributed by atoms with Crippen LogP contribution in [0.2, 0.25) is 0 Å². The SMILES string of the molecule is COc1ncccc1NC(=O)c1cc(=O)c(OC)c[nH]1. The number of anilines is 1. The first kappa shape index (κ1) is 13.6. The van der Waals surface area contributed by atoms with E-state index >= 15 is 0 Å². The highest BCUT2D eigenvalue weighted by molar-refractivity contribution is 6.03. The van der Waals surface area contributed by atoms with Crippen molar-refractivity contribution in [2.75, 3.05) is 19.5 Å². The van der Waals surface area contributed by atoms with Gasteiger partial charge in [-0.3, -0.25) is 9.59 Å². The Morgan fingerprint density at radius 3 is 2.80 bits per heavy atom. The van der Waals surface area contributed by atoms with Crippen LogP contribution in [-0.4, -0.2) is 30.1 Å². The lowest BCUT2D eigenvalue weighted by atomic mass is 10.3. The predicted octanol–water partition coefficient (Wildman–Crippen LogP) is 1.04. The summed E-state index contributed by atoms with van der Waals surface area (Å²) in [6.45, 7) is 0. The maximum atomic E-state index is 12.0. The lowest BCUT2D eigenvalue weighted by Crippen LogP contribution is -2.17. The van der Waals surface area contributed by atoms with Crippen molar-refractivity contribution in [3.05, 3.63) is 46.5 Å². The molecule has 0 spiro atoms. The first-order chi connectivity index (χ1) is 9.65. The zero-order valence-corrected chi connectivity index (χ0v) is 11.0. The highest BCUT2D eigenvalue weighted by Crippen LogP contribution is 2.20. The molecule has 2 heterocycles. The molecular weight excluding hydrogens is 262 g/mol. The van der Waals surface area contributed by atoms with Crippen LogP contribution < -0.4 is 20.2 Å². The van der Waals surface area contributed by atoms with E-state index in [1.165, 1.54) is 20.4 Å². The Morgan fingerprint density at radius 2 is 2.15 bits per heavy atom. The van der Waals surface area contributed by atoms with Crippen molar-refractivity contribution in [2.45, 2.75) is 0 Å². The number of aromatic amines is 1. The third-order valence-corrected chi connectivity index (χ3v) is 2.55. The zero-order chi connectivity index (χ0) is 14.5. The molecule has 2 N–H and O–H groups in total. The van der Waals surface area contributed by atoms with Gasteiger partial charge in [0.1, 0.15) is 11.4 Å². The molecule has 7 heteroatoms. The van der Waals surface area contributed by atoms with E-state index in [-0.39, 0.29) is 22.8 Å². The van der Waals surface area contributed by atoms with Crippen molar-refractivity contribution in [2.24, 2.45) is 0 Å². The average molecular weight is 275 g/mol. The van der Waals surface area contributed by atoms with Crippen molar-refractivity contribution in [1.29, 1.82) is 0 Å². The maximum Gasteiger partial charge on any atom is 0.272 e. The molecule has 104 valence electrons. The lowest BCUT2D eigenvalue weighted by molar-refractivity contribution is 0.102. The molecule has 20 heavy (non-hydrogen) atoms. The highest BCUT2D eigenvalue weighted by Gasteiger charge is 2.12. The van der Waals surface area contributed by atoms with Gasteiger partial charge in [-0.15, -0.1) is 0 Å². The van der Waals surface area contributed by atoms with Gasteiger partial charge in [0.05, 0.1) is 14.2 Å². The molecule has 0 atom stereocenters. The molecule has 0 radical (unpaired) electrons. The summed E-state index contributed by atoms with van der Waals surface area (Å²) in [7, 11) is 2.83. The Morgan fingerprint density at radius 1 is 1.35 bits per heavy atom. The van der Waals surface area contributed by atoms with Crippen LogP contribution in [0.15, 0.2) is 35.4 Å². The topological polar surface area (TPSA) is 93.3 Å². The van der Waals surface area contributed by atoms with Crippen LogP contribution in [0.4, 0.5) is 5.69 Å². The van der Waals surface area contributed by atoms with Crippen LogP contribution in [-0.2, 0) is 0 Å². The summed E-state index contributed by atoms with van der Waals surface area (Å²) in [5.74, 6) is -0.0479. The summed E-state index contributed by atoms with van der Waals surface area (Å²) in [6, 6.07) is 4.47. The van der Waals surface area contributed by atoms with Gasteiger partial charge < -0.3 is 19.8 Å². The molecule has 0 saturated carbocycles. The predicted molar refractivity (Wildman–Crippen MR) is 72.4 cm³/mol. The standard InChI is InChI=1S/C13H13N3O4/c1-19-11-7-15-9(6-10(11)17)12(18)16-8-4-3-5-14-13(8)20-2/h3-7H,1-2H3,(H,15,17)(H,16,18). The second-order valence-electron chi connectivity index (χ2n) is 3.79. The van der Waals surface area contributed by atoms with Gasteiger partial charge in [0.25, 0.3) is 5.91 Å². The Kier molecular flexibility index (Phi) is 3.99. The van der Waals surface area contributed by atoms with E-state index in [4.69, 9.17) is 9.47 Å². The van der Waals surface area contributed by atoms with Crippen LogP contribution in [0.25, 0.3) is 0 Å². The quantitative estimate of drug-likeness (QED) is 0.869. The van der Waals surface area contributed by atoms with Crippen LogP contribution in [0, 0.1) is 0 Å². The van der Waals surface area contributed by atoms with E-state index in [1.807, 2.05) is 0 Å². The Balaban J connectivity index is 2.24. The van der Waals surface area contributed by atoms with E-state index in [1.54, 1.807) is 18.3 Å². The van der Waals surface area contributed by atoms with Gasteiger partial charge in [0.15, 0.2) is 5.75 Å². The maximum absolute atomic E-state index is 12.0. The minimum Gasteiger partial charge on any atom is -0.491 e. The molecule has 2 aromatic rings. The minimum absolute atomic E-state index is 0.113. The van der Waals surface area contributed by atoms with Crippen LogP contribution >= 0.6 is 0 Å². The first-order valence-corrected chi connectivity index (χ1v) is 5.72. The van der Waals surface area contributed by atoms with Gasteiger partial charge >= 0.3 is 0 Å². The van der Waals surface area contributed by atoms with Crippen molar-refractivity contribution in [3.8, 4) is 11.6 Å². The number of carbonyl (C=O) groups is 1. The van der Waals surface area contributed by atoms with Gasteiger partial charge in [-0.1, -0.05) is 0 Å². The molecule has 0 bridgehead atoms. The van der Waals surface area contributed by atoms with E-state index < -0.39 is 5.91 Å². The van der Waals surface area contributed by atoms with Gasteiger partial charge in [0.2, 0.25) is 11.3 Å². The molecule has 0 aliphatic rings. The van der Waals surface area contributed by atoms with E-state index in [0.717, 1.165) is 6.07 Å². The molecule has 0 fully saturated rings. The molecule has 2 rings (SSSR count). The number of rotatable bonds is 4. The number of ether oxygens (including phenoxy) is 2. The third-order valence-electron chi connectivity index (χ3n) is 2.55. The third kappa shape index (κ3) is 2.77. The molecule has 0 saturated heterocycles. The number of amides is 1. The Labute approximate surface area is 114 Å². The second-order valence-corrected chi connectivity index (χ2v) is 3.79. The average Bonchev–Trinajstić information content (AvgIpc) is 2.47. The molecule has 0 aliphatic heterocycles. The van der Waals surface area contributed by atoms with Crippen LogP contribution in [0.3, 0.4) is 0 Å². The van der Waals surface area contributed by atoms with Crippen molar-refractivity contribution in [1.82, 2.24) is 9.97 Å². The summed E-state index contributed by atoms with van der Waals surface area (Å²) < 4.78 is 9.85. The second kappa shape index (κ2) is 5.87. The van der Waals surface area contributed by atoms with E-state index in [0.29, 0.717) is 5.69 Å². The zero-order valence-electron chi connectivity index (χ0n) is 11.0. The fourth-order valence-electron chi connectivity index (χ4n) is 1.59. The number of H-pyrrole nitrogens is 1. The first-order valence-electron chi connectivity index (χ1n) is 5.72. The van der Waals surface area contributed by atoms with Crippen LogP contribution in [0.5, 0.6) is 11.6 Å².